The van der Waals surface area contributed by atoms with E-state index in [4.69, 9.17) is 10.8 Å². The van der Waals surface area contributed by atoms with E-state index in [1.807, 2.05) is 17.5 Å². The van der Waals surface area contributed by atoms with Crippen molar-refractivity contribution in [2.24, 2.45) is 0 Å². The molecule has 0 saturated carbocycles. The minimum absolute atomic E-state index is 0.00306. The molecule has 0 spiro atoms. The Morgan fingerprint density at radius 3 is 3.08 bits per heavy atom. The second-order valence-electron chi connectivity index (χ2n) is 2.99. The van der Waals surface area contributed by atoms with Gasteiger partial charge in [0.05, 0.1) is 18.0 Å². The molecular weight excluding hydrogens is 166 g/mol. The minimum Gasteiger partial charge on any atom is -0.399 e. The van der Waals surface area contributed by atoms with Crippen molar-refractivity contribution < 1.29 is 5.11 Å². The minimum atomic E-state index is -0.00306. The highest BCUT2D eigenvalue weighted by Gasteiger charge is 2.06. The van der Waals surface area contributed by atoms with Gasteiger partial charge in [0.2, 0.25) is 0 Å². The highest BCUT2D eigenvalue weighted by atomic mass is 16.3. The molecular formula is C9H11N3O. The Hall–Kier alpha value is -1.55. The van der Waals surface area contributed by atoms with E-state index in [0.717, 1.165) is 17.0 Å². The van der Waals surface area contributed by atoms with E-state index in [1.54, 1.807) is 12.1 Å². The van der Waals surface area contributed by atoms with Gasteiger partial charge in [-0.05, 0) is 13.0 Å². The molecule has 2 rings (SSSR count). The summed E-state index contributed by atoms with van der Waals surface area (Å²) < 4.78 is 1.84. The summed E-state index contributed by atoms with van der Waals surface area (Å²) in [6, 6.07) is 3.57. The molecule has 0 fully saturated rings. The third kappa shape index (κ3) is 1.15. The predicted octanol–water partition coefficient (Wildman–Crippen LogP) is 0.717. The summed E-state index contributed by atoms with van der Waals surface area (Å²) in [7, 11) is 0. The normalized spacial score (nSPS) is 10.9. The first kappa shape index (κ1) is 8.07. The van der Waals surface area contributed by atoms with Crippen molar-refractivity contribution >= 4 is 11.3 Å². The fourth-order valence-corrected chi connectivity index (χ4v) is 1.42. The molecule has 0 amide bonds. The number of rotatable bonds is 1. The molecule has 4 heteroatoms. The van der Waals surface area contributed by atoms with Crippen molar-refractivity contribution in [1.82, 2.24) is 9.38 Å². The number of nitrogen functional groups attached to an aromatic ring is 1. The maximum Gasteiger partial charge on any atom is 0.139 e. The number of aliphatic hydroxyl groups excluding tert-OH is 1. The van der Waals surface area contributed by atoms with Crippen LogP contribution in [0.4, 0.5) is 5.69 Å². The second-order valence-corrected chi connectivity index (χ2v) is 2.99. The first-order chi connectivity index (χ1) is 6.22. The van der Waals surface area contributed by atoms with Gasteiger partial charge in [0.25, 0.3) is 0 Å². The fourth-order valence-electron chi connectivity index (χ4n) is 1.42. The molecule has 13 heavy (non-hydrogen) atoms. The van der Waals surface area contributed by atoms with Gasteiger partial charge in [0, 0.05) is 18.0 Å². The number of nitrogens with zero attached hydrogens (tertiary/aromatic N) is 2. The van der Waals surface area contributed by atoms with Gasteiger partial charge in [-0.15, -0.1) is 0 Å². The summed E-state index contributed by atoms with van der Waals surface area (Å²) in [6.07, 6.45) is 1.82. The molecule has 68 valence electrons. The van der Waals surface area contributed by atoms with E-state index < -0.39 is 0 Å². The van der Waals surface area contributed by atoms with Gasteiger partial charge in [-0.3, -0.25) is 0 Å². The Morgan fingerprint density at radius 2 is 2.38 bits per heavy atom. The molecule has 0 aliphatic carbocycles. The Bertz CT molecular complexity index is 447. The van der Waals surface area contributed by atoms with Crippen LogP contribution >= 0.6 is 0 Å². The number of pyridine rings is 1. The molecule has 0 aromatic carbocycles. The van der Waals surface area contributed by atoms with Crippen LogP contribution in [0.25, 0.3) is 5.65 Å². The SMILES string of the molecule is Cc1nc2cc(N)ccn2c1CO. The average molecular weight is 177 g/mol. The van der Waals surface area contributed by atoms with Gasteiger partial charge < -0.3 is 15.2 Å². The van der Waals surface area contributed by atoms with Gasteiger partial charge in [0.1, 0.15) is 5.65 Å². The molecule has 0 aliphatic rings. The summed E-state index contributed by atoms with van der Waals surface area (Å²) >= 11 is 0. The van der Waals surface area contributed by atoms with Crippen LogP contribution in [0, 0.1) is 6.92 Å². The van der Waals surface area contributed by atoms with Crippen molar-refractivity contribution in [2.45, 2.75) is 13.5 Å². The van der Waals surface area contributed by atoms with Crippen molar-refractivity contribution in [3.8, 4) is 0 Å². The van der Waals surface area contributed by atoms with Crippen LogP contribution in [0.1, 0.15) is 11.4 Å². The molecule has 0 saturated heterocycles. The average Bonchev–Trinajstić information content (AvgIpc) is 2.39. The summed E-state index contributed by atoms with van der Waals surface area (Å²) in [5.41, 5.74) is 8.73. The summed E-state index contributed by atoms with van der Waals surface area (Å²) in [5.74, 6) is 0. The lowest BCUT2D eigenvalue weighted by Crippen LogP contribution is -1.94. The Balaban J connectivity index is 2.79. The molecule has 2 aromatic rings. The summed E-state index contributed by atoms with van der Waals surface area (Å²) in [6.45, 7) is 1.87. The number of nitrogens with two attached hydrogens (primary N) is 1. The maximum absolute atomic E-state index is 9.08. The van der Waals surface area contributed by atoms with E-state index in [-0.39, 0.29) is 6.61 Å². The van der Waals surface area contributed by atoms with Gasteiger partial charge in [-0.1, -0.05) is 0 Å². The lowest BCUT2D eigenvalue weighted by Gasteiger charge is -1.98. The first-order valence-electron chi connectivity index (χ1n) is 4.06. The van der Waals surface area contributed by atoms with Gasteiger partial charge >= 0.3 is 0 Å². The van der Waals surface area contributed by atoms with E-state index in [1.165, 1.54) is 0 Å². The quantitative estimate of drug-likeness (QED) is 0.674. The molecule has 2 aromatic heterocycles. The number of fused-ring (bicyclic) bond motifs is 1. The number of hydrogen-bond donors (Lipinski definition) is 2. The van der Waals surface area contributed by atoms with Crippen LogP contribution < -0.4 is 5.73 Å². The largest absolute Gasteiger partial charge is 0.399 e. The lowest BCUT2D eigenvalue weighted by molar-refractivity contribution is 0.275. The Kier molecular flexibility index (Phi) is 1.70. The second kappa shape index (κ2) is 2.74. The van der Waals surface area contributed by atoms with Crippen LogP contribution in [-0.4, -0.2) is 14.5 Å². The number of aryl methyl sites for hydroxylation is 1. The topological polar surface area (TPSA) is 63.5 Å². The molecule has 2 heterocycles. The number of imidazole rings is 1. The summed E-state index contributed by atoms with van der Waals surface area (Å²) in [4.78, 5) is 4.27. The predicted molar refractivity (Wildman–Crippen MR) is 50.3 cm³/mol. The lowest BCUT2D eigenvalue weighted by atomic mass is 10.3. The van der Waals surface area contributed by atoms with Crippen molar-refractivity contribution in [3.63, 3.8) is 0 Å². The van der Waals surface area contributed by atoms with Crippen LogP contribution in [0.15, 0.2) is 18.3 Å². The Labute approximate surface area is 75.6 Å². The zero-order valence-corrected chi connectivity index (χ0v) is 7.36. The highest BCUT2D eigenvalue weighted by Crippen LogP contribution is 2.14. The van der Waals surface area contributed by atoms with E-state index in [2.05, 4.69) is 4.98 Å². The molecule has 0 radical (unpaired) electrons. The molecule has 0 bridgehead atoms. The Morgan fingerprint density at radius 1 is 1.62 bits per heavy atom. The van der Waals surface area contributed by atoms with Gasteiger partial charge in [-0.25, -0.2) is 4.98 Å². The van der Waals surface area contributed by atoms with Crippen molar-refractivity contribution in [2.75, 3.05) is 5.73 Å². The first-order valence-corrected chi connectivity index (χ1v) is 4.06. The van der Waals surface area contributed by atoms with Gasteiger partial charge in [0.15, 0.2) is 0 Å². The number of hydrogen-bond acceptors (Lipinski definition) is 3. The van der Waals surface area contributed by atoms with E-state index in [9.17, 15) is 0 Å². The fraction of sp³-hybridized carbons (Fsp3) is 0.222. The van der Waals surface area contributed by atoms with Crippen LogP contribution in [-0.2, 0) is 6.61 Å². The molecule has 0 atom stereocenters. The molecule has 0 unspecified atom stereocenters. The van der Waals surface area contributed by atoms with Crippen LogP contribution in [0.5, 0.6) is 0 Å². The molecule has 4 nitrogen and oxygen atoms in total. The van der Waals surface area contributed by atoms with E-state index in [0.29, 0.717) is 5.69 Å². The zero-order valence-electron chi connectivity index (χ0n) is 7.36. The van der Waals surface area contributed by atoms with Gasteiger partial charge in [-0.2, -0.15) is 0 Å². The number of anilines is 1. The zero-order chi connectivity index (χ0) is 9.42. The monoisotopic (exact) mass is 177 g/mol. The van der Waals surface area contributed by atoms with Crippen LogP contribution in [0.3, 0.4) is 0 Å². The maximum atomic E-state index is 9.08. The number of aliphatic hydroxyl groups is 1. The molecule has 3 N–H and O–H groups in total. The third-order valence-electron chi connectivity index (χ3n) is 2.10. The number of aromatic nitrogens is 2. The molecule has 0 aliphatic heterocycles. The highest BCUT2D eigenvalue weighted by molar-refractivity contribution is 5.53. The summed E-state index contributed by atoms with van der Waals surface area (Å²) in [5, 5.41) is 9.08. The third-order valence-corrected chi connectivity index (χ3v) is 2.10. The van der Waals surface area contributed by atoms with Crippen molar-refractivity contribution in [1.29, 1.82) is 0 Å². The smallest absolute Gasteiger partial charge is 0.139 e. The van der Waals surface area contributed by atoms with E-state index >= 15 is 0 Å². The van der Waals surface area contributed by atoms with Crippen molar-refractivity contribution in [3.05, 3.63) is 29.7 Å². The standard InChI is InChI=1S/C9H11N3O/c1-6-8(5-13)12-3-2-7(10)4-9(12)11-6/h2-4,13H,5,10H2,1H3. The van der Waals surface area contributed by atoms with Crippen LogP contribution in [0.2, 0.25) is 0 Å².